The van der Waals surface area contributed by atoms with Gasteiger partial charge in [-0.1, -0.05) is 5.92 Å². The standard InChI is InChI=1S/C7H9NO2S/c1-10-7(9)3-2-6-8-4-5-11-6/h6,8H,4-5H2,1H3. The summed E-state index contributed by atoms with van der Waals surface area (Å²) in [6, 6.07) is 0. The Bertz CT molecular complexity index is 200. The van der Waals surface area contributed by atoms with Gasteiger partial charge in [0.15, 0.2) is 0 Å². The molecule has 0 aromatic rings. The van der Waals surface area contributed by atoms with Crippen molar-refractivity contribution in [2.24, 2.45) is 0 Å². The molecule has 60 valence electrons. The van der Waals surface area contributed by atoms with Gasteiger partial charge in [0.1, 0.15) is 5.37 Å². The molecule has 4 heteroatoms. The minimum Gasteiger partial charge on any atom is -0.459 e. The predicted octanol–water partition coefficient (Wildman–Crippen LogP) is -0.175. The Balaban J connectivity index is 2.36. The fraction of sp³-hybridized carbons (Fsp3) is 0.571. The first kappa shape index (κ1) is 8.44. The van der Waals surface area contributed by atoms with Gasteiger partial charge in [0.05, 0.1) is 7.11 Å². The Kier molecular flexibility index (Phi) is 3.27. The van der Waals surface area contributed by atoms with Crippen molar-refractivity contribution in [1.82, 2.24) is 5.32 Å². The molecule has 1 heterocycles. The quantitative estimate of drug-likeness (QED) is 0.312. The highest BCUT2D eigenvalue weighted by molar-refractivity contribution is 8.00. The summed E-state index contributed by atoms with van der Waals surface area (Å²) in [6.07, 6.45) is 0. The first-order valence-electron chi connectivity index (χ1n) is 3.27. The minimum absolute atomic E-state index is 0.106. The molecule has 3 nitrogen and oxygen atoms in total. The second-order valence-corrected chi connectivity index (χ2v) is 3.18. The van der Waals surface area contributed by atoms with E-state index in [1.165, 1.54) is 7.11 Å². The summed E-state index contributed by atoms with van der Waals surface area (Å²) in [5.74, 6) is 5.72. The summed E-state index contributed by atoms with van der Waals surface area (Å²) < 4.78 is 4.36. The average Bonchev–Trinajstić information content (AvgIpc) is 2.52. The van der Waals surface area contributed by atoms with Crippen LogP contribution in [0.15, 0.2) is 0 Å². The molecule has 0 bridgehead atoms. The maximum Gasteiger partial charge on any atom is 0.384 e. The van der Waals surface area contributed by atoms with Crippen molar-refractivity contribution in [3.05, 3.63) is 0 Å². The topological polar surface area (TPSA) is 38.3 Å². The number of esters is 1. The van der Waals surface area contributed by atoms with E-state index < -0.39 is 5.97 Å². The van der Waals surface area contributed by atoms with E-state index in [9.17, 15) is 4.79 Å². The van der Waals surface area contributed by atoms with E-state index in [0.717, 1.165) is 12.3 Å². The lowest BCUT2D eigenvalue weighted by molar-refractivity contribution is -0.133. The van der Waals surface area contributed by atoms with Crippen molar-refractivity contribution in [3.63, 3.8) is 0 Å². The van der Waals surface area contributed by atoms with Gasteiger partial charge < -0.3 is 4.74 Å². The molecule has 1 N–H and O–H groups in total. The van der Waals surface area contributed by atoms with Crippen molar-refractivity contribution in [3.8, 4) is 11.8 Å². The fourth-order valence-electron chi connectivity index (χ4n) is 0.694. The molecular formula is C7H9NO2S. The van der Waals surface area contributed by atoms with Gasteiger partial charge in [0.25, 0.3) is 0 Å². The van der Waals surface area contributed by atoms with Gasteiger partial charge in [-0.15, -0.1) is 11.8 Å². The SMILES string of the molecule is COC(=O)C#CC1NCCS1. The van der Waals surface area contributed by atoms with Crippen LogP contribution in [0.1, 0.15) is 0 Å². The Hall–Kier alpha value is -0.660. The van der Waals surface area contributed by atoms with Crippen LogP contribution in [0.4, 0.5) is 0 Å². The number of nitrogens with one attached hydrogen (secondary N) is 1. The molecule has 1 aliphatic heterocycles. The highest BCUT2D eigenvalue weighted by Gasteiger charge is 2.10. The van der Waals surface area contributed by atoms with Crippen LogP contribution in [0, 0.1) is 11.8 Å². The number of carbonyl (C=O) groups is 1. The minimum atomic E-state index is -0.473. The molecule has 0 radical (unpaired) electrons. The molecule has 1 unspecified atom stereocenters. The number of ether oxygens (including phenoxy) is 1. The van der Waals surface area contributed by atoms with E-state index in [2.05, 4.69) is 21.9 Å². The van der Waals surface area contributed by atoms with E-state index >= 15 is 0 Å². The molecular weight excluding hydrogens is 162 g/mol. The lowest BCUT2D eigenvalue weighted by atomic mass is 10.5. The monoisotopic (exact) mass is 171 g/mol. The summed E-state index contributed by atoms with van der Waals surface area (Å²) in [7, 11) is 1.33. The normalized spacial score (nSPS) is 22.1. The van der Waals surface area contributed by atoms with Crippen molar-refractivity contribution in [1.29, 1.82) is 0 Å². The highest BCUT2D eigenvalue weighted by Crippen LogP contribution is 2.11. The first-order valence-corrected chi connectivity index (χ1v) is 4.32. The predicted molar refractivity (Wildman–Crippen MR) is 44.0 cm³/mol. The van der Waals surface area contributed by atoms with Crippen LogP contribution in [0.5, 0.6) is 0 Å². The Morgan fingerprint density at radius 2 is 2.64 bits per heavy atom. The molecule has 1 fully saturated rings. The third-order valence-electron chi connectivity index (χ3n) is 1.21. The van der Waals surface area contributed by atoms with Crippen LogP contribution in [0.25, 0.3) is 0 Å². The van der Waals surface area contributed by atoms with Gasteiger partial charge in [-0.05, 0) is 0 Å². The van der Waals surface area contributed by atoms with Gasteiger partial charge in [-0.3, -0.25) is 5.32 Å². The van der Waals surface area contributed by atoms with Crippen molar-refractivity contribution in [2.45, 2.75) is 5.37 Å². The Morgan fingerprint density at radius 3 is 3.18 bits per heavy atom. The molecule has 0 aliphatic carbocycles. The maximum absolute atomic E-state index is 10.5. The second-order valence-electron chi connectivity index (χ2n) is 1.97. The molecule has 0 spiro atoms. The third-order valence-corrected chi connectivity index (χ3v) is 2.26. The van der Waals surface area contributed by atoms with Crippen LogP contribution >= 0.6 is 11.8 Å². The zero-order chi connectivity index (χ0) is 8.10. The number of rotatable bonds is 0. The molecule has 11 heavy (non-hydrogen) atoms. The lowest BCUT2D eigenvalue weighted by Gasteiger charge is -1.95. The van der Waals surface area contributed by atoms with Crippen LogP contribution in [-0.4, -0.2) is 30.8 Å². The molecule has 0 saturated carbocycles. The Morgan fingerprint density at radius 1 is 1.82 bits per heavy atom. The number of methoxy groups -OCH3 is 1. The maximum atomic E-state index is 10.5. The average molecular weight is 171 g/mol. The summed E-state index contributed by atoms with van der Waals surface area (Å²) in [5, 5.41) is 3.22. The van der Waals surface area contributed by atoms with Crippen molar-refractivity contribution in [2.75, 3.05) is 19.4 Å². The van der Waals surface area contributed by atoms with Crippen molar-refractivity contribution < 1.29 is 9.53 Å². The fourth-order valence-corrected chi connectivity index (χ4v) is 1.54. The van der Waals surface area contributed by atoms with Crippen LogP contribution < -0.4 is 5.32 Å². The van der Waals surface area contributed by atoms with E-state index in [0.29, 0.717) is 0 Å². The molecule has 0 aromatic heterocycles. The van der Waals surface area contributed by atoms with Gasteiger partial charge in [-0.2, -0.15) is 0 Å². The molecule has 0 aromatic carbocycles. The van der Waals surface area contributed by atoms with Gasteiger partial charge >= 0.3 is 5.97 Å². The van der Waals surface area contributed by atoms with Gasteiger partial charge in [-0.25, -0.2) is 4.79 Å². The third kappa shape index (κ3) is 2.83. The van der Waals surface area contributed by atoms with E-state index in [4.69, 9.17) is 0 Å². The number of thioether (sulfide) groups is 1. The molecule has 1 rings (SSSR count). The Labute approximate surface area is 69.9 Å². The second kappa shape index (κ2) is 4.27. The zero-order valence-electron chi connectivity index (χ0n) is 6.22. The number of hydrogen-bond acceptors (Lipinski definition) is 4. The van der Waals surface area contributed by atoms with E-state index in [1.54, 1.807) is 11.8 Å². The van der Waals surface area contributed by atoms with Crippen molar-refractivity contribution >= 4 is 17.7 Å². The summed E-state index contributed by atoms with van der Waals surface area (Å²) in [5.41, 5.74) is 0. The largest absolute Gasteiger partial charge is 0.459 e. The summed E-state index contributed by atoms with van der Waals surface area (Å²) >= 11 is 1.70. The van der Waals surface area contributed by atoms with Crippen LogP contribution in [0.3, 0.4) is 0 Å². The summed E-state index contributed by atoms with van der Waals surface area (Å²) in [4.78, 5) is 10.5. The molecule has 1 atom stereocenters. The van der Waals surface area contributed by atoms with Crippen LogP contribution in [-0.2, 0) is 9.53 Å². The smallest absolute Gasteiger partial charge is 0.384 e. The number of carbonyl (C=O) groups excluding carboxylic acids is 1. The number of hydrogen-bond donors (Lipinski definition) is 1. The van der Waals surface area contributed by atoms with E-state index in [1.807, 2.05) is 0 Å². The van der Waals surface area contributed by atoms with Gasteiger partial charge in [0.2, 0.25) is 0 Å². The van der Waals surface area contributed by atoms with Gasteiger partial charge in [0, 0.05) is 18.2 Å². The first-order chi connectivity index (χ1) is 5.33. The van der Waals surface area contributed by atoms with E-state index in [-0.39, 0.29) is 5.37 Å². The molecule has 0 amide bonds. The zero-order valence-corrected chi connectivity index (χ0v) is 7.03. The molecule has 1 aliphatic rings. The highest BCUT2D eigenvalue weighted by atomic mass is 32.2. The lowest BCUT2D eigenvalue weighted by Crippen LogP contribution is -2.17. The summed E-state index contributed by atoms with van der Waals surface area (Å²) in [6.45, 7) is 0.963. The molecule has 1 saturated heterocycles. The van der Waals surface area contributed by atoms with Crippen LogP contribution in [0.2, 0.25) is 0 Å².